The summed E-state index contributed by atoms with van der Waals surface area (Å²) in [5, 5.41) is 15.0. The molecule has 0 aromatic carbocycles. The van der Waals surface area contributed by atoms with Gasteiger partial charge < -0.3 is 25.2 Å². The molecule has 1 fully saturated rings. The maximum atomic E-state index is 12.7. The van der Waals surface area contributed by atoms with Crippen LogP contribution in [0.25, 0.3) is 0 Å². The summed E-state index contributed by atoms with van der Waals surface area (Å²) in [6.07, 6.45) is 0.937. The van der Waals surface area contributed by atoms with Crippen molar-refractivity contribution in [1.29, 1.82) is 0 Å². The number of carbonyl (C=O) groups excluding carboxylic acids is 1. The fourth-order valence-corrected chi connectivity index (χ4v) is 3.15. The van der Waals surface area contributed by atoms with Crippen LogP contribution in [0.15, 0.2) is 11.2 Å². The molecule has 0 aliphatic carbocycles. The highest BCUT2D eigenvalue weighted by atomic mass is 32.2. The van der Waals surface area contributed by atoms with E-state index in [-0.39, 0.29) is 23.5 Å². The van der Waals surface area contributed by atoms with E-state index in [0.29, 0.717) is 19.4 Å². The highest BCUT2D eigenvalue weighted by Gasteiger charge is 2.30. The van der Waals surface area contributed by atoms with Crippen LogP contribution in [0.4, 0.5) is 5.82 Å². The Bertz CT molecular complexity index is 770. The zero-order valence-electron chi connectivity index (χ0n) is 15.8. The number of amides is 1. The molecule has 1 aromatic heterocycles. The molecule has 1 unspecified atom stereocenters. The Hall–Kier alpha value is -1.98. The van der Waals surface area contributed by atoms with Crippen molar-refractivity contribution >= 4 is 21.6 Å². The van der Waals surface area contributed by atoms with Gasteiger partial charge in [0.25, 0.3) is 5.16 Å². The van der Waals surface area contributed by atoms with E-state index in [9.17, 15) is 18.3 Å². The molecule has 3 atom stereocenters. The Morgan fingerprint density at radius 3 is 2.67 bits per heavy atom. The van der Waals surface area contributed by atoms with E-state index in [1.807, 2.05) is 13.8 Å². The Labute approximate surface area is 158 Å². The van der Waals surface area contributed by atoms with E-state index < -0.39 is 33.4 Å². The number of sulfone groups is 1. The highest BCUT2D eigenvalue weighted by Crippen LogP contribution is 2.19. The van der Waals surface area contributed by atoms with Crippen LogP contribution in [0, 0.1) is 5.92 Å². The minimum Gasteiger partial charge on any atom is -0.481 e. The van der Waals surface area contributed by atoms with Gasteiger partial charge in [-0.25, -0.2) is 13.4 Å². The summed E-state index contributed by atoms with van der Waals surface area (Å²) in [5.41, 5.74) is 0. The number of aliphatic hydroxyl groups is 1. The van der Waals surface area contributed by atoms with Gasteiger partial charge in [0.15, 0.2) is 6.29 Å². The van der Waals surface area contributed by atoms with Crippen molar-refractivity contribution in [1.82, 2.24) is 15.3 Å². The predicted octanol–water partition coefficient (Wildman–Crippen LogP) is -0.0612. The topological polar surface area (TPSA) is 140 Å². The van der Waals surface area contributed by atoms with E-state index in [0.717, 1.165) is 6.26 Å². The Balaban J connectivity index is 2.23. The van der Waals surface area contributed by atoms with Crippen molar-refractivity contribution in [3.05, 3.63) is 6.07 Å². The number of aliphatic hydroxyl groups excluding tert-OH is 1. The first-order valence-electron chi connectivity index (χ1n) is 8.60. The number of hydrogen-bond acceptors (Lipinski definition) is 9. The lowest BCUT2D eigenvalue weighted by Crippen LogP contribution is -2.48. The van der Waals surface area contributed by atoms with Gasteiger partial charge in [-0.2, -0.15) is 4.98 Å². The third-order valence-corrected chi connectivity index (χ3v) is 4.80. The van der Waals surface area contributed by atoms with Gasteiger partial charge in [-0.3, -0.25) is 4.79 Å². The number of ether oxygens (including phenoxy) is 2. The summed E-state index contributed by atoms with van der Waals surface area (Å²) in [6, 6.07) is 0.244. The number of methoxy groups -OCH3 is 1. The molecule has 11 heteroatoms. The van der Waals surface area contributed by atoms with Crippen molar-refractivity contribution in [2.75, 3.05) is 25.3 Å². The maximum absolute atomic E-state index is 12.7. The summed E-state index contributed by atoms with van der Waals surface area (Å²) < 4.78 is 33.7. The molecule has 1 aliphatic heterocycles. The third-order valence-electron chi connectivity index (χ3n) is 3.96. The standard InChI is InChI=1S/C16H26N4O6S/c1-9(2)7-11(14(21)18-10-5-6-26-15(10)22)17-12-8-13(25-3)20-16(19-12)27(4,23)24/h8-11,15,22H,5-7H2,1-4H3,(H,18,21)(H,17,19,20)/t10-,11-,15?/m0/s1. The molecule has 0 radical (unpaired) electrons. The molecule has 2 rings (SSSR count). The van der Waals surface area contributed by atoms with Crippen molar-refractivity contribution in [2.24, 2.45) is 5.92 Å². The molecule has 1 aliphatic rings. The molecule has 10 nitrogen and oxygen atoms in total. The number of hydrogen-bond donors (Lipinski definition) is 3. The maximum Gasteiger partial charge on any atom is 0.252 e. The lowest BCUT2D eigenvalue weighted by molar-refractivity contribution is -0.126. The lowest BCUT2D eigenvalue weighted by Gasteiger charge is -2.23. The molecule has 1 amide bonds. The van der Waals surface area contributed by atoms with Gasteiger partial charge in [0.1, 0.15) is 11.9 Å². The van der Waals surface area contributed by atoms with E-state index in [2.05, 4.69) is 20.6 Å². The van der Waals surface area contributed by atoms with E-state index in [1.54, 1.807) is 0 Å². The molecule has 27 heavy (non-hydrogen) atoms. The molecule has 0 bridgehead atoms. The van der Waals surface area contributed by atoms with Crippen LogP contribution in [0.5, 0.6) is 5.88 Å². The lowest BCUT2D eigenvalue weighted by atomic mass is 10.0. The van der Waals surface area contributed by atoms with Gasteiger partial charge in [-0.15, -0.1) is 0 Å². The normalized spacial score (nSPS) is 21.1. The second kappa shape index (κ2) is 8.81. The molecule has 0 spiro atoms. The summed E-state index contributed by atoms with van der Waals surface area (Å²) >= 11 is 0. The van der Waals surface area contributed by atoms with Gasteiger partial charge in [0.05, 0.1) is 19.8 Å². The van der Waals surface area contributed by atoms with Gasteiger partial charge in [-0.1, -0.05) is 13.8 Å². The van der Waals surface area contributed by atoms with Crippen LogP contribution in [0.2, 0.25) is 0 Å². The SMILES string of the molecule is COc1cc(N[C@@H](CC(C)C)C(=O)N[C@H]2CCOC2O)nc(S(C)(=O)=O)n1. The predicted molar refractivity (Wildman–Crippen MR) is 97.1 cm³/mol. The van der Waals surface area contributed by atoms with E-state index >= 15 is 0 Å². The van der Waals surface area contributed by atoms with E-state index in [1.165, 1.54) is 13.2 Å². The number of rotatable bonds is 8. The number of nitrogens with zero attached hydrogens (tertiary/aromatic N) is 2. The number of carbonyl (C=O) groups is 1. The fourth-order valence-electron chi connectivity index (χ4n) is 2.63. The summed E-state index contributed by atoms with van der Waals surface area (Å²) in [7, 11) is -2.30. The summed E-state index contributed by atoms with van der Waals surface area (Å²) in [5.74, 6) is 0.0652. The average molecular weight is 402 g/mol. The van der Waals surface area contributed by atoms with Crippen LogP contribution >= 0.6 is 0 Å². The van der Waals surface area contributed by atoms with Crippen molar-refractivity contribution in [2.45, 2.75) is 50.2 Å². The van der Waals surface area contributed by atoms with Crippen LogP contribution in [0.3, 0.4) is 0 Å². The smallest absolute Gasteiger partial charge is 0.252 e. The number of aromatic nitrogens is 2. The van der Waals surface area contributed by atoms with Crippen LogP contribution < -0.4 is 15.4 Å². The fraction of sp³-hybridized carbons (Fsp3) is 0.688. The zero-order valence-corrected chi connectivity index (χ0v) is 16.6. The first-order chi connectivity index (χ1) is 12.6. The summed E-state index contributed by atoms with van der Waals surface area (Å²) in [4.78, 5) is 20.5. The minimum absolute atomic E-state index is 0.0660. The van der Waals surface area contributed by atoms with Crippen LogP contribution in [0.1, 0.15) is 26.7 Å². The molecule has 2 heterocycles. The van der Waals surface area contributed by atoms with Gasteiger partial charge in [0.2, 0.25) is 21.6 Å². The molecule has 3 N–H and O–H groups in total. The average Bonchev–Trinajstić information content (AvgIpc) is 2.97. The number of anilines is 1. The summed E-state index contributed by atoms with van der Waals surface area (Å²) in [6.45, 7) is 4.28. The van der Waals surface area contributed by atoms with Gasteiger partial charge in [-0.05, 0) is 18.8 Å². The molecular formula is C16H26N4O6S. The van der Waals surface area contributed by atoms with Crippen LogP contribution in [-0.4, -0.2) is 67.7 Å². The quantitative estimate of drug-likeness (QED) is 0.510. The molecule has 1 saturated heterocycles. The Morgan fingerprint density at radius 2 is 2.15 bits per heavy atom. The monoisotopic (exact) mass is 402 g/mol. The molecule has 1 aromatic rings. The van der Waals surface area contributed by atoms with Gasteiger partial charge in [0, 0.05) is 12.3 Å². The molecule has 0 saturated carbocycles. The third kappa shape index (κ3) is 6.01. The van der Waals surface area contributed by atoms with Crippen molar-refractivity contribution in [3.63, 3.8) is 0 Å². The van der Waals surface area contributed by atoms with Crippen molar-refractivity contribution in [3.8, 4) is 5.88 Å². The molecule has 152 valence electrons. The minimum atomic E-state index is -3.66. The van der Waals surface area contributed by atoms with Crippen LogP contribution in [-0.2, 0) is 19.4 Å². The second-order valence-electron chi connectivity index (χ2n) is 6.84. The Kier molecular flexibility index (Phi) is 6.95. The first-order valence-corrected chi connectivity index (χ1v) is 10.5. The molecular weight excluding hydrogens is 376 g/mol. The largest absolute Gasteiger partial charge is 0.481 e. The van der Waals surface area contributed by atoms with E-state index in [4.69, 9.17) is 9.47 Å². The Morgan fingerprint density at radius 1 is 1.44 bits per heavy atom. The first kappa shape index (κ1) is 21.3. The second-order valence-corrected chi connectivity index (χ2v) is 8.75. The van der Waals surface area contributed by atoms with Crippen molar-refractivity contribution < 1.29 is 27.8 Å². The number of nitrogens with one attached hydrogen (secondary N) is 2. The zero-order chi connectivity index (χ0) is 20.2. The highest BCUT2D eigenvalue weighted by molar-refractivity contribution is 7.90. The van der Waals surface area contributed by atoms with Gasteiger partial charge >= 0.3 is 0 Å².